The molecule has 0 bridgehead atoms. The molecule has 1 aromatic rings. The van der Waals surface area contributed by atoms with E-state index in [2.05, 4.69) is 21.3 Å². The van der Waals surface area contributed by atoms with Crippen LogP contribution in [0.5, 0.6) is 0 Å². The number of hydrogen-bond acceptors (Lipinski definition) is 6. The molecule has 10 heteroatoms. The lowest BCUT2D eigenvalue weighted by molar-refractivity contribution is 0.149. The SMILES string of the molecule is CCCCOC(=O)NC(=S)Nc1ccccc1NC(=S)NC(=O)OCCCC. The van der Waals surface area contributed by atoms with Crippen LogP contribution in [0.25, 0.3) is 0 Å². The van der Waals surface area contributed by atoms with E-state index in [1.165, 1.54) is 0 Å². The number of thiocarbonyl (C=S) groups is 2. The smallest absolute Gasteiger partial charge is 0.413 e. The lowest BCUT2D eigenvalue weighted by Gasteiger charge is -2.15. The van der Waals surface area contributed by atoms with E-state index >= 15 is 0 Å². The molecule has 0 aliphatic carbocycles. The molecule has 0 unspecified atom stereocenters. The Morgan fingerprint density at radius 2 is 1.21 bits per heavy atom. The van der Waals surface area contributed by atoms with Crippen molar-refractivity contribution in [1.82, 2.24) is 10.6 Å². The topological polar surface area (TPSA) is 101 Å². The highest BCUT2D eigenvalue weighted by atomic mass is 32.1. The Labute approximate surface area is 175 Å². The third-order valence-electron chi connectivity index (χ3n) is 3.32. The van der Waals surface area contributed by atoms with Crippen LogP contribution in [0.15, 0.2) is 24.3 Å². The van der Waals surface area contributed by atoms with Crippen LogP contribution >= 0.6 is 24.4 Å². The fourth-order valence-corrected chi connectivity index (χ4v) is 2.27. The number of rotatable bonds is 8. The van der Waals surface area contributed by atoms with E-state index in [0.29, 0.717) is 24.6 Å². The van der Waals surface area contributed by atoms with Crippen LogP contribution in [0.4, 0.5) is 21.0 Å². The Morgan fingerprint density at radius 1 is 0.821 bits per heavy atom. The van der Waals surface area contributed by atoms with Gasteiger partial charge in [-0.1, -0.05) is 38.8 Å². The second-order valence-electron chi connectivity index (χ2n) is 5.68. The number of ether oxygens (including phenoxy) is 2. The van der Waals surface area contributed by atoms with Crippen LogP contribution in [-0.4, -0.2) is 35.6 Å². The first-order chi connectivity index (χ1) is 13.5. The maximum Gasteiger partial charge on any atom is 0.413 e. The molecule has 0 atom stereocenters. The van der Waals surface area contributed by atoms with Gasteiger partial charge in [-0.25, -0.2) is 9.59 Å². The lowest BCUT2D eigenvalue weighted by Crippen LogP contribution is -2.36. The lowest BCUT2D eigenvalue weighted by atomic mass is 10.2. The molecule has 0 spiro atoms. The molecule has 1 aromatic carbocycles. The van der Waals surface area contributed by atoms with Crippen molar-refractivity contribution >= 4 is 58.2 Å². The van der Waals surface area contributed by atoms with Gasteiger partial charge in [-0.15, -0.1) is 0 Å². The molecule has 4 N–H and O–H groups in total. The third kappa shape index (κ3) is 10.0. The molecule has 2 amide bonds. The van der Waals surface area contributed by atoms with Gasteiger partial charge < -0.3 is 20.1 Å². The largest absolute Gasteiger partial charge is 0.449 e. The summed E-state index contributed by atoms with van der Waals surface area (Å²) in [5.41, 5.74) is 1.12. The number of benzene rings is 1. The van der Waals surface area contributed by atoms with Gasteiger partial charge in [0.25, 0.3) is 0 Å². The summed E-state index contributed by atoms with van der Waals surface area (Å²) < 4.78 is 9.99. The van der Waals surface area contributed by atoms with E-state index in [-0.39, 0.29) is 10.2 Å². The summed E-state index contributed by atoms with van der Waals surface area (Å²) in [6, 6.07) is 7.04. The van der Waals surface area contributed by atoms with Gasteiger partial charge in [0.2, 0.25) is 0 Å². The Hall–Kier alpha value is -2.46. The highest BCUT2D eigenvalue weighted by Crippen LogP contribution is 2.20. The summed E-state index contributed by atoms with van der Waals surface area (Å²) in [5, 5.41) is 10.8. The van der Waals surface area contributed by atoms with Gasteiger partial charge in [-0.3, -0.25) is 10.6 Å². The summed E-state index contributed by atoms with van der Waals surface area (Å²) in [7, 11) is 0. The molecule has 28 heavy (non-hydrogen) atoms. The van der Waals surface area contributed by atoms with E-state index in [0.717, 1.165) is 25.7 Å². The Bertz CT molecular complexity index is 628. The molecular formula is C18H26N4O4S2. The predicted molar refractivity (Wildman–Crippen MR) is 118 cm³/mol. The number of alkyl carbamates (subject to hydrolysis) is 2. The van der Waals surface area contributed by atoms with Crippen molar-refractivity contribution in [3.8, 4) is 0 Å². The number of unbranched alkanes of at least 4 members (excludes halogenated alkanes) is 2. The zero-order valence-electron chi connectivity index (χ0n) is 16.0. The number of nitrogens with one attached hydrogen (secondary N) is 4. The molecule has 0 saturated heterocycles. The van der Waals surface area contributed by atoms with E-state index in [4.69, 9.17) is 33.9 Å². The van der Waals surface area contributed by atoms with Crippen LogP contribution in [0, 0.1) is 0 Å². The maximum atomic E-state index is 11.7. The minimum Gasteiger partial charge on any atom is -0.449 e. The summed E-state index contributed by atoms with van der Waals surface area (Å²) in [6.07, 6.45) is 2.17. The van der Waals surface area contributed by atoms with Crippen molar-refractivity contribution in [3.05, 3.63) is 24.3 Å². The fraction of sp³-hybridized carbons (Fsp3) is 0.444. The van der Waals surface area contributed by atoms with Gasteiger partial charge in [0.05, 0.1) is 24.6 Å². The molecule has 154 valence electrons. The van der Waals surface area contributed by atoms with Gasteiger partial charge in [0.1, 0.15) is 0 Å². The van der Waals surface area contributed by atoms with Crippen molar-refractivity contribution in [2.45, 2.75) is 39.5 Å². The first-order valence-electron chi connectivity index (χ1n) is 9.04. The fourth-order valence-electron chi connectivity index (χ4n) is 1.88. The van der Waals surface area contributed by atoms with Crippen molar-refractivity contribution in [2.75, 3.05) is 23.8 Å². The Kier molecular flexibility index (Phi) is 11.5. The molecule has 1 rings (SSSR count). The number of para-hydroxylation sites is 2. The first-order valence-corrected chi connectivity index (χ1v) is 9.86. The Morgan fingerprint density at radius 3 is 1.57 bits per heavy atom. The standard InChI is InChI=1S/C18H26N4O4S2/c1-3-5-11-25-17(23)21-15(27)19-13-9-7-8-10-14(13)20-16(28)22-18(24)26-12-6-4-2/h7-10H,3-6,11-12H2,1-2H3,(H2,19,21,23,27)(H2,20,22,24,28). The van der Waals surface area contributed by atoms with Crippen molar-refractivity contribution in [1.29, 1.82) is 0 Å². The van der Waals surface area contributed by atoms with E-state index in [9.17, 15) is 9.59 Å². The normalized spacial score (nSPS) is 9.79. The van der Waals surface area contributed by atoms with E-state index in [1.54, 1.807) is 24.3 Å². The second-order valence-corrected chi connectivity index (χ2v) is 6.50. The molecule has 0 aromatic heterocycles. The van der Waals surface area contributed by atoms with Crippen LogP contribution in [0.2, 0.25) is 0 Å². The summed E-state index contributed by atoms with van der Waals surface area (Å²) in [5.74, 6) is 0. The van der Waals surface area contributed by atoms with Gasteiger partial charge in [0.15, 0.2) is 10.2 Å². The van der Waals surface area contributed by atoms with Gasteiger partial charge in [-0.05, 0) is 49.4 Å². The Balaban J connectivity index is 2.55. The quantitative estimate of drug-likeness (QED) is 0.364. The third-order valence-corrected chi connectivity index (χ3v) is 3.72. The average Bonchev–Trinajstić information content (AvgIpc) is 2.63. The highest BCUT2D eigenvalue weighted by Gasteiger charge is 2.10. The van der Waals surface area contributed by atoms with Crippen molar-refractivity contribution in [3.63, 3.8) is 0 Å². The first kappa shape index (κ1) is 23.6. The molecule has 0 heterocycles. The predicted octanol–water partition coefficient (Wildman–Crippen LogP) is 4.13. The molecule has 0 aliphatic rings. The highest BCUT2D eigenvalue weighted by molar-refractivity contribution is 7.80. The zero-order chi connectivity index (χ0) is 20.8. The van der Waals surface area contributed by atoms with Gasteiger partial charge in [-0.2, -0.15) is 0 Å². The maximum absolute atomic E-state index is 11.7. The zero-order valence-corrected chi connectivity index (χ0v) is 17.6. The van der Waals surface area contributed by atoms with E-state index in [1.807, 2.05) is 13.8 Å². The van der Waals surface area contributed by atoms with Crippen LogP contribution in [0.1, 0.15) is 39.5 Å². The van der Waals surface area contributed by atoms with Crippen LogP contribution < -0.4 is 21.3 Å². The summed E-state index contributed by atoms with van der Waals surface area (Å²) in [4.78, 5) is 23.3. The molecule has 0 fully saturated rings. The number of hydrogen-bond donors (Lipinski definition) is 4. The number of carbonyl (C=O) groups excluding carboxylic acids is 2. The van der Waals surface area contributed by atoms with Gasteiger partial charge >= 0.3 is 12.2 Å². The van der Waals surface area contributed by atoms with Crippen molar-refractivity contribution in [2.24, 2.45) is 0 Å². The molecular weight excluding hydrogens is 400 g/mol. The average molecular weight is 427 g/mol. The summed E-state index contributed by atoms with van der Waals surface area (Å²) in [6.45, 7) is 4.66. The monoisotopic (exact) mass is 426 g/mol. The minimum absolute atomic E-state index is 0.0774. The second kappa shape index (κ2) is 13.7. The van der Waals surface area contributed by atoms with Crippen molar-refractivity contribution < 1.29 is 19.1 Å². The summed E-state index contributed by atoms with van der Waals surface area (Å²) >= 11 is 10.2. The van der Waals surface area contributed by atoms with E-state index < -0.39 is 12.2 Å². The van der Waals surface area contributed by atoms with Gasteiger partial charge in [0, 0.05) is 0 Å². The molecule has 8 nitrogen and oxygen atoms in total. The minimum atomic E-state index is -0.622. The number of amides is 2. The molecule has 0 radical (unpaired) electrons. The molecule has 0 saturated carbocycles. The van der Waals surface area contributed by atoms with Crippen LogP contribution in [0.3, 0.4) is 0 Å². The van der Waals surface area contributed by atoms with Crippen LogP contribution in [-0.2, 0) is 9.47 Å². The molecule has 0 aliphatic heterocycles. The number of anilines is 2. The number of carbonyl (C=O) groups is 2.